The highest BCUT2D eigenvalue weighted by Crippen LogP contribution is 2.38. The Bertz CT molecular complexity index is 1130. The number of nitrogens with zero attached hydrogens (tertiary/aromatic N) is 2. The molecule has 2 aromatic carbocycles. The molecule has 0 aliphatic rings. The van der Waals surface area contributed by atoms with Crippen LogP contribution in [0.4, 0.5) is 8.78 Å². The standard InChI is InChI=1S/C20H12Cl2F2N2O/c1-2-26-19(18-16(23)7-11(10-25)8-17(18)24)13(9-15(22)20(26)27)12-5-3-4-6-14(12)21/h3-9H,2H2,1H3. The third kappa shape index (κ3) is 3.34. The molecule has 7 heteroatoms. The smallest absolute Gasteiger partial charge is 0.269 e. The first kappa shape index (κ1) is 19.1. The van der Waals surface area contributed by atoms with Crippen LogP contribution in [0.25, 0.3) is 22.4 Å². The molecule has 0 saturated heterocycles. The first-order valence-corrected chi connectivity index (χ1v) is 8.72. The number of nitriles is 1. The van der Waals surface area contributed by atoms with Crippen LogP contribution in [0.3, 0.4) is 0 Å². The van der Waals surface area contributed by atoms with E-state index in [9.17, 15) is 13.6 Å². The lowest BCUT2D eigenvalue weighted by atomic mass is 9.97. The van der Waals surface area contributed by atoms with Crippen molar-refractivity contribution in [2.24, 2.45) is 0 Å². The highest BCUT2D eigenvalue weighted by Gasteiger charge is 2.23. The first-order chi connectivity index (χ1) is 12.9. The van der Waals surface area contributed by atoms with E-state index >= 15 is 0 Å². The quantitative estimate of drug-likeness (QED) is 0.565. The molecule has 0 aliphatic carbocycles. The molecule has 3 rings (SSSR count). The molecule has 3 aromatic rings. The molecule has 27 heavy (non-hydrogen) atoms. The summed E-state index contributed by atoms with van der Waals surface area (Å²) in [7, 11) is 0. The van der Waals surface area contributed by atoms with Gasteiger partial charge in [-0.3, -0.25) is 4.79 Å². The van der Waals surface area contributed by atoms with Crippen molar-refractivity contribution in [2.75, 3.05) is 0 Å². The van der Waals surface area contributed by atoms with Gasteiger partial charge >= 0.3 is 0 Å². The van der Waals surface area contributed by atoms with Gasteiger partial charge in [0.15, 0.2) is 0 Å². The van der Waals surface area contributed by atoms with E-state index in [0.29, 0.717) is 16.1 Å². The van der Waals surface area contributed by atoms with E-state index in [4.69, 9.17) is 28.5 Å². The summed E-state index contributed by atoms with van der Waals surface area (Å²) in [5.74, 6) is -1.91. The van der Waals surface area contributed by atoms with E-state index in [1.165, 1.54) is 10.6 Å². The van der Waals surface area contributed by atoms with Crippen LogP contribution in [0, 0.1) is 23.0 Å². The number of benzene rings is 2. The Labute approximate surface area is 164 Å². The minimum Gasteiger partial charge on any atom is -0.306 e. The average Bonchev–Trinajstić information content (AvgIpc) is 2.64. The summed E-state index contributed by atoms with van der Waals surface area (Å²) in [6.07, 6.45) is 0. The topological polar surface area (TPSA) is 45.8 Å². The maximum absolute atomic E-state index is 14.8. The fraction of sp³-hybridized carbons (Fsp3) is 0.100. The Morgan fingerprint density at radius 3 is 2.22 bits per heavy atom. The van der Waals surface area contributed by atoms with Crippen molar-refractivity contribution in [3.05, 3.63) is 80.1 Å². The number of hydrogen-bond donors (Lipinski definition) is 0. The SMILES string of the molecule is CCn1c(-c2c(F)cc(C#N)cc2F)c(-c2ccccc2Cl)cc(Cl)c1=O. The lowest BCUT2D eigenvalue weighted by molar-refractivity contribution is 0.583. The second-order valence-electron chi connectivity index (χ2n) is 5.71. The Morgan fingerprint density at radius 1 is 1.04 bits per heavy atom. The van der Waals surface area contributed by atoms with Gasteiger partial charge in [-0.1, -0.05) is 41.4 Å². The van der Waals surface area contributed by atoms with Crippen LogP contribution in [0.2, 0.25) is 10.0 Å². The molecule has 0 N–H and O–H groups in total. The zero-order valence-electron chi connectivity index (χ0n) is 14.1. The molecule has 1 aromatic heterocycles. The lowest BCUT2D eigenvalue weighted by Gasteiger charge is -2.19. The van der Waals surface area contributed by atoms with Gasteiger partial charge in [0.1, 0.15) is 16.7 Å². The van der Waals surface area contributed by atoms with E-state index in [0.717, 1.165) is 12.1 Å². The van der Waals surface area contributed by atoms with Crippen LogP contribution in [-0.2, 0) is 6.54 Å². The summed E-state index contributed by atoms with van der Waals surface area (Å²) < 4.78 is 30.7. The zero-order valence-corrected chi connectivity index (χ0v) is 15.6. The van der Waals surface area contributed by atoms with Crippen molar-refractivity contribution < 1.29 is 8.78 Å². The number of aromatic nitrogens is 1. The van der Waals surface area contributed by atoms with Crippen molar-refractivity contribution in [3.8, 4) is 28.5 Å². The Hall–Kier alpha value is -2.68. The van der Waals surface area contributed by atoms with Crippen molar-refractivity contribution in [1.82, 2.24) is 4.57 Å². The maximum atomic E-state index is 14.8. The van der Waals surface area contributed by atoms with Crippen LogP contribution in [0.15, 0.2) is 47.3 Å². The molecule has 0 amide bonds. The van der Waals surface area contributed by atoms with Crippen molar-refractivity contribution in [3.63, 3.8) is 0 Å². The summed E-state index contributed by atoms with van der Waals surface area (Å²) >= 11 is 12.4. The van der Waals surface area contributed by atoms with E-state index in [2.05, 4.69) is 0 Å². The molecule has 0 fully saturated rings. The van der Waals surface area contributed by atoms with Crippen LogP contribution >= 0.6 is 23.2 Å². The van der Waals surface area contributed by atoms with Gasteiger partial charge in [0.2, 0.25) is 0 Å². The minimum absolute atomic E-state index is 0.0134. The van der Waals surface area contributed by atoms with Gasteiger partial charge in [-0.2, -0.15) is 5.26 Å². The zero-order chi connectivity index (χ0) is 19.7. The largest absolute Gasteiger partial charge is 0.306 e. The van der Waals surface area contributed by atoms with Gasteiger partial charge in [0.05, 0.1) is 22.9 Å². The summed E-state index contributed by atoms with van der Waals surface area (Å²) in [6, 6.07) is 11.6. The second kappa shape index (κ2) is 7.51. The Balaban J connectivity index is 2.50. The molecule has 0 aliphatic heterocycles. The van der Waals surface area contributed by atoms with E-state index in [-0.39, 0.29) is 22.8 Å². The molecule has 1 heterocycles. The predicted octanol–water partition coefficient (Wildman–Crippen LogP) is 5.66. The number of hydrogen-bond acceptors (Lipinski definition) is 2. The number of rotatable bonds is 3. The normalized spacial score (nSPS) is 10.7. The molecule has 3 nitrogen and oxygen atoms in total. The lowest BCUT2D eigenvalue weighted by Crippen LogP contribution is -2.23. The Morgan fingerprint density at radius 2 is 1.67 bits per heavy atom. The predicted molar refractivity (Wildman–Crippen MR) is 102 cm³/mol. The van der Waals surface area contributed by atoms with Gasteiger partial charge in [0.25, 0.3) is 5.56 Å². The van der Waals surface area contributed by atoms with E-state index < -0.39 is 22.8 Å². The fourth-order valence-electron chi connectivity index (χ4n) is 2.95. The average molecular weight is 405 g/mol. The van der Waals surface area contributed by atoms with Crippen LogP contribution in [0.5, 0.6) is 0 Å². The molecule has 0 spiro atoms. The van der Waals surface area contributed by atoms with Crippen molar-refractivity contribution in [2.45, 2.75) is 13.5 Å². The van der Waals surface area contributed by atoms with Crippen LogP contribution < -0.4 is 5.56 Å². The second-order valence-corrected chi connectivity index (χ2v) is 6.52. The highest BCUT2D eigenvalue weighted by atomic mass is 35.5. The van der Waals surface area contributed by atoms with Crippen LogP contribution in [0.1, 0.15) is 12.5 Å². The van der Waals surface area contributed by atoms with Crippen molar-refractivity contribution >= 4 is 23.2 Å². The third-order valence-electron chi connectivity index (χ3n) is 4.13. The van der Waals surface area contributed by atoms with Crippen molar-refractivity contribution in [1.29, 1.82) is 5.26 Å². The first-order valence-electron chi connectivity index (χ1n) is 7.96. The number of pyridine rings is 1. The third-order valence-corrected chi connectivity index (χ3v) is 4.73. The molecule has 0 unspecified atom stereocenters. The van der Waals surface area contributed by atoms with E-state index in [1.807, 2.05) is 0 Å². The summed E-state index contributed by atoms with van der Waals surface area (Å²) in [5.41, 5.74) is -0.351. The fourth-order valence-corrected chi connectivity index (χ4v) is 3.40. The van der Waals surface area contributed by atoms with E-state index in [1.54, 1.807) is 37.3 Å². The molecule has 0 saturated carbocycles. The summed E-state index contributed by atoms with van der Waals surface area (Å²) in [5, 5.41) is 9.17. The van der Waals surface area contributed by atoms with Gasteiger partial charge in [-0.05, 0) is 31.2 Å². The molecular formula is C20H12Cl2F2N2O. The van der Waals surface area contributed by atoms with Gasteiger partial charge in [0, 0.05) is 22.7 Å². The van der Waals surface area contributed by atoms with Gasteiger partial charge < -0.3 is 4.57 Å². The van der Waals surface area contributed by atoms with Crippen LogP contribution in [-0.4, -0.2) is 4.57 Å². The molecule has 136 valence electrons. The summed E-state index contributed by atoms with van der Waals surface area (Å²) in [6.45, 7) is 1.79. The Kier molecular flexibility index (Phi) is 5.31. The molecule has 0 atom stereocenters. The maximum Gasteiger partial charge on any atom is 0.269 e. The molecule has 0 radical (unpaired) electrons. The summed E-state index contributed by atoms with van der Waals surface area (Å²) in [4.78, 5) is 12.5. The highest BCUT2D eigenvalue weighted by molar-refractivity contribution is 6.34. The minimum atomic E-state index is -0.955. The molecular weight excluding hydrogens is 393 g/mol. The van der Waals surface area contributed by atoms with Gasteiger partial charge in [-0.25, -0.2) is 8.78 Å². The molecule has 0 bridgehead atoms. The monoisotopic (exact) mass is 404 g/mol. The van der Waals surface area contributed by atoms with Gasteiger partial charge in [-0.15, -0.1) is 0 Å². The number of halogens is 4.